The smallest absolute Gasteiger partial charge is 0.0889 e. The lowest BCUT2D eigenvalue weighted by atomic mass is 9.97. The highest BCUT2D eigenvalue weighted by Crippen LogP contribution is 2.26. The molecule has 0 aromatic heterocycles. The number of rotatable bonds is 4. The molecule has 0 spiro atoms. The molecule has 1 fully saturated rings. The Morgan fingerprint density at radius 3 is 2.46 bits per heavy atom. The van der Waals surface area contributed by atoms with Gasteiger partial charge in [-0.25, -0.2) is 0 Å². The topological polar surface area (TPSA) is 9.23 Å². The van der Waals surface area contributed by atoms with Gasteiger partial charge >= 0.3 is 0 Å². The number of alkyl halides is 2. The van der Waals surface area contributed by atoms with Crippen molar-refractivity contribution in [1.82, 2.24) is 0 Å². The molecule has 0 bridgehead atoms. The van der Waals surface area contributed by atoms with Crippen molar-refractivity contribution in [1.29, 1.82) is 0 Å². The van der Waals surface area contributed by atoms with Crippen molar-refractivity contribution in [2.45, 2.75) is 50.7 Å². The number of hydrogen-bond donors (Lipinski definition) is 0. The molecular weight excluding hydrogens is 251 g/mol. The molecule has 0 N–H and O–H groups in total. The summed E-state index contributed by atoms with van der Waals surface area (Å²) < 4.78 is 6.00. The normalized spacial score (nSPS) is 24.2. The van der Waals surface area contributed by atoms with Gasteiger partial charge in [0.2, 0.25) is 0 Å². The van der Waals surface area contributed by atoms with Gasteiger partial charge in [-0.3, -0.25) is 0 Å². The van der Waals surface area contributed by atoms with E-state index in [0.717, 1.165) is 5.33 Å². The molecule has 3 heteroatoms. The van der Waals surface area contributed by atoms with Crippen molar-refractivity contribution in [3.05, 3.63) is 0 Å². The second-order valence-electron chi connectivity index (χ2n) is 4.10. The van der Waals surface area contributed by atoms with Gasteiger partial charge < -0.3 is 4.74 Å². The molecule has 1 atom stereocenters. The summed E-state index contributed by atoms with van der Waals surface area (Å²) in [4.78, 5) is 0. The maximum absolute atomic E-state index is 6.00. The Labute approximate surface area is 94.3 Å². The number of hydrogen-bond acceptors (Lipinski definition) is 1. The maximum atomic E-state index is 6.00. The summed E-state index contributed by atoms with van der Waals surface area (Å²) in [5.74, 6) is 0.564. The molecule has 1 aliphatic carbocycles. The van der Waals surface area contributed by atoms with Crippen LogP contribution in [0.25, 0.3) is 0 Å². The molecule has 0 saturated heterocycles. The largest absolute Gasteiger partial charge is 0.370 e. The average Bonchev–Trinajstić information content (AvgIpc) is 2.19. The third-order valence-electron chi connectivity index (χ3n) is 2.57. The molecular formula is C10H18BrClO. The second kappa shape index (κ2) is 5.57. The van der Waals surface area contributed by atoms with Crippen LogP contribution in [0.4, 0.5) is 0 Å². The fourth-order valence-corrected chi connectivity index (χ4v) is 2.40. The van der Waals surface area contributed by atoms with E-state index in [1.165, 1.54) is 32.1 Å². The van der Waals surface area contributed by atoms with Gasteiger partial charge in [-0.1, -0.05) is 35.2 Å². The first-order chi connectivity index (χ1) is 6.20. The number of ether oxygens (including phenoxy) is 1. The SMILES string of the molecule is CC(CCl)(CBr)OC1CCCCC1. The van der Waals surface area contributed by atoms with Crippen LogP contribution in [0.3, 0.4) is 0 Å². The highest BCUT2D eigenvalue weighted by atomic mass is 79.9. The van der Waals surface area contributed by atoms with Gasteiger partial charge in [-0.05, 0) is 19.8 Å². The van der Waals surface area contributed by atoms with Crippen molar-refractivity contribution in [3.63, 3.8) is 0 Å². The Morgan fingerprint density at radius 1 is 1.38 bits per heavy atom. The van der Waals surface area contributed by atoms with E-state index in [9.17, 15) is 0 Å². The molecule has 1 aliphatic rings. The summed E-state index contributed by atoms with van der Waals surface area (Å²) in [6.45, 7) is 2.07. The molecule has 0 amide bonds. The van der Waals surface area contributed by atoms with Gasteiger partial charge in [-0.2, -0.15) is 0 Å². The van der Waals surface area contributed by atoms with Gasteiger partial charge in [-0.15, -0.1) is 11.6 Å². The second-order valence-corrected chi connectivity index (χ2v) is 4.92. The summed E-state index contributed by atoms with van der Waals surface area (Å²) in [6.07, 6.45) is 6.84. The molecule has 0 aromatic rings. The summed E-state index contributed by atoms with van der Waals surface area (Å²) in [5.41, 5.74) is -0.177. The van der Waals surface area contributed by atoms with Crippen LogP contribution in [-0.4, -0.2) is 22.9 Å². The van der Waals surface area contributed by atoms with E-state index in [2.05, 4.69) is 22.9 Å². The molecule has 1 nitrogen and oxygen atoms in total. The van der Waals surface area contributed by atoms with Crippen molar-refractivity contribution < 1.29 is 4.74 Å². The van der Waals surface area contributed by atoms with Gasteiger partial charge in [0.1, 0.15) is 0 Å². The molecule has 1 unspecified atom stereocenters. The molecule has 13 heavy (non-hydrogen) atoms. The van der Waals surface area contributed by atoms with Crippen LogP contribution in [0.2, 0.25) is 0 Å². The molecule has 0 aromatic carbocycles. The molecule has 1 rings (SSSR count). The van der Waals surface area contributed by atoms with Crippen molar-refractivity contribution in [2.24, 2.45) is 0 Å². The zero-order valence-electron chi connectivity index (χ0n) is 8.19. The van der Waals surface area contributed by atoms with E-state index >= 15 is 0 Å². The summed E-state index contributed by atoms with van der Waals surface area (Å²) in [5, 5.41) is 0.819. The van der Waals surface area contributed by atoms with Crippen LogP contribution < -0.4 is 0 Å². The summed E-state index contributed by atoms with van der Waals surface area (Å²) in [6, 6.07) is 0. The zero-order chi connectivity index (χ0) is 9.73. The predicted molar refractivity (Wildman–Crippen MR) is 60.9 cm³/mol. The van der Waals surface area contributed by atoms with Gasteiger partial charge in [0.05, 0.1) is 17.6 Å². The Kier molecular flexibility index (Phi) is 5.06. The lowest BCUT2D eigenvalue weighted by Gasteiger charge is -2.33. The average molecular weight is 270 g/mol. The first-order valence-electron chi connectivity index (χ1n) is 5.00. The lowest BCUT2D eigenvalue weighted by Crippen LogP contribution is -2.38. The Hall–Kier alpha value is 0.730. The monoisotopic (exact) mass is 268 g/mol. The van der Waals surface area contributed by atoms with Crippen LogP contribution in [0.5, 0.6) is 0 Å². The fraction of sp³-hybridized carbons (Fsp3) is 1.00. The van der Waals surface area contributed by atoms with Gasteiger partial charge in [0.25, 0.3) is 0 Å². The molecule has 0 heterocycles. The van der Waals surface area contributed by atoms with E-state index in [0.29, 0.717) is 12.0 Å². The van der Waals surface area contributed by atoms with E-state index in [-0.39, 0.29) is 5.60 Å². The Balaban J connectivity index is 2.35. The van der Waals surface area contributed by atoms with Crippen LogP contribution in [0.15, 0.2) is 0 Å². The van der Waals surface area contributed by atoms with E-state index in [1.54, 1.807) is 0 Å². The number of halogens is 2. The molecule has 1 saturated carbocycles. The van der Waals surface area contributed by atoms with Gasteiger partial charge in [0.15, 0.2) is 0 Å². The van der Waals surface area contributed by atoms with E-state index in [4.69, 9.17) is 16.3 Å². The van der Waals surface area contributed by atoms with Crippen molar-refractivity contribution in [2.75, 3.05) is 11.2 Å². The fourth-order valence-electron chi connectivity index (χ4n) is 1.68. The van der Waals surface area contributed by atoms with Crippen LogP contribution in [-0.2, 0) is 4.74 Å². The first-order valence-corrected chi connectivity index (χ1v) is 6.65. The van der Waals surface area contributed by atoms with E-state index in [1.807, 2.05) is 0 Å². The van der Waals surface area contributed by atoms with Crippen LogP contribution >= 0.6 is 27.5 Å². The lowest BCUT2D eigenvalue weighted by molar-refractivity contribution is -0.0676. The quantitative estimate of drug-likeness (QED) is 0.707. The molecule has 0 aliphatic heterocycles. The third kappa shape index (κ3) is 3.77. The maximum Gasteiger partial charge on any atom is 0.0889 e. The van der Waals surface area contributed by atoms with Gasteiger partial charge in [0, 0.05) is 5.33 Å². The summed E-state index contributed by atoms with van der Waals surface area (Å²) >= 11 is 9.32. The third-order valence-corrected chi connectivity index (χ3v) is 4.32. The zero-order valence-corrected chi connectivity index (χ0v) is 10.5. The minimum Gasteiger partial charge on any atom is -0.370 e. The Morgan fingerprint density at radius 2 is 2.00 bits per heavy atom. The highest BCUT2D eigenvalue weighted by molar-refractivity contribution is 9.09. The summed E-state index contributed by atoms with van der Waals surface area (Å²) in [7, 11) is 0. The Bertz CT molecular complexity index is 142. The van der Waals surface area contributed by atoms with Crippen molar-refractivity contribution in [3.8, 4) is 0 Å². The highest BCUT2D eigenvalue weighted by Gasteiger charge is 2.27. The van der Waals surface area contributed by atoms with Crippen LogP contribution in [0.1, 0.15) is 39.0 Å². The van der Waals surface area contributed by atoms with E-state index < -0.39 is 0 Å². The predicted octanol–water partition coefficient (Wildman–Crippen LogP) is 3.73. The first kappa shape index (κ1) is 11.8. The molecule has 78 valence electrons. The van der Waals surface area contributed by atoms with Crippen LogP contribution in [0, 0.1) is 0 Å². The van der Waals surface area contributed by atoms with Crippen molar-refractivity contribution >= 4 is 27.5 Å². The minimum atomic E-state index is -0.177. The standard InChI is InChI=1S/C10H18BrClO/c1-10(7-11,8-12)13-9-5-3-2-4-6-9/h9H,2-8H2,1H3. The minimum absolute atomic E-state index is 0.177. The molecule has 0 radical (unpaired) electrons.